The Morgan fingerprint density at radius 3 is 2.32 bits per heavy atom. The molecule has 106 valence electrons. The molecule has 0 aromatic carbocycles. The van der Waals surface area contributed by atoms with Gasteiger partial charge in [0.1, 0.15) is 6.29 Å². The first kappa shape index (κ1) is 17.6. The molecule has 1 heteroatoms. The van der Waals surface area contributed by atoms with Gasteiger partial charge in [0.05, 0.1) is 0 Å². The Bertz CT molecular complexity index is 378. The lowest BCUT2D eigenvalue weighted by molar-refractivity contribution is -0.104. The van der Waals surface area contributed by atoms with E-state index in [0.29, 0.717) is 5.92 Å². The van der Waals surface area contributed by atoms with Crippen LogP contribution in [0.15, 0.2) is 47.1 Å². The summed E-state index contributed by atoms with van der Waals surface area (Å²) in [5.41, 5.74) is 3.50. The zero-order valence-corrected chi connectivity index (χ0v) is 13.1. The van der Waals surface area contributed by atoms with E-state index < -0.39 is 0 Å². The molecule has 0 rings (SSSR count). The molecule has 0 N–H and O–H groups in total. The van der Waals surface area contributed by atoms with E-state index in [1.807, 2.05) is 19.1 Å². The fourth-order valence-corrected chi connectivity index (χ4v) is 1.55. The number of allylic oxidation sites excluding steroid dienone is 8. The zero-order valence-electron chi connectivity index (χ0n) is 13.1. The van der Waals surface area contributed by atoms with Crippen molar-refractivity contribution in [3.8, 4) is 0 Å². The molecule has 0 atom stereocenters. The highest BCUT2D eigenvalue weighted by Crippen LogP contribution is 2.10. The summed E-state index contributed by atoms with van der Waals surface area (Å²) >= 11 is 0. The average molecular weight is 260 g/mol. The Hall–Kier alpha value is -1.37. The molecular formula is C18H28O. The third kappa shape index (κ3) is 11.5. The molecular weight excluding hydrogens is 232 g/mol. The number of hydrogen-bond acceptors (Lipinski definition) is 1. The molecule has 0 saturated carbocycles. The molecule has 1 nitrogen and oxygen atoms in total. The fourth-order valence-electron chi connectivity index (χ4n) is 1.55. The first-order chi connectivity index (χ1) is 8.95. The molecule has 0 aromatic heterocycles. The van der Waals surface area contributed by atoms with Crippen LogP contribution >= 0.6 is 0 Å². The summed E-state index contributed by atoms with van der Waals surface area (Å²) in [7, 11) is 0. The van der Waals surface area contributed by atoms with E-state index in [1.165, 1.54) is 11.1 Å². The lowest BCUT2D eigenvalue weighted by Gasteiger charge is -2.00. The number of carbonyl (C=O) groups excluding carboxylic acids is 1. The average Bonchev–Trinajstić information content (AvgIpc) is 2.35. The van der Waals surface area contributed by atoms with Crippen LogP contribution in [0.2, 0.25) is 0 Å². The van der Waals surface area contributed by atoms with Crippen LogP contribution in [0.25, 0.3) is 0 Å². The zero-order chi connectivity index (χ0) is 14.7. The lowest BCUT2D eigenvalue weighted by Crippen LogP contribution is -1.81. The molecule has 0 heterocycles. The minimum atomic E-state index is 0.630. The maximum Gasteiger partial charge on any atom is 0.145 e. The van der Waals surface area contributed by atoms with Crippen molar-refractivity contribution in [3.05, 3.63) is 47.1 Å². The fraction of sp³-hybridized carbons (Fsp3) is 0.500. The van der Waals surface area contributed by atoms with Gasteiger partial charge in [-0.05, 0) is 51.5 Å². The van der Waals surface area contributed by atoms with Crippen molar-refractivity contribution in [1.82, 2.24) is 0 Å². The number of aldehydes is 1. The summed E-state index contributed by atoms with van der Waals surface area (Å²) < 4.78 is 0. The van der Waals surface area contributed by atoms with Crippen molar-refractivity contribution in [2.75, 3.05) is 0 Å². The van der Waals surface area contributed by atoms with Crippen LogP contribution in [-0.2, 0) is 4.79 Å². The second kappa shape index (κ2) is 10.5. The molecule has 0 aliphatic heterocycles. The molecule has 0 spiro atoms. The Kier molecular flexibility index (Phi) is 9.78. The van der Waals surface area contributed by atoms with Gasteiger partial charge in [-0.2, -0.15) is 0 Å². The van der Waals surface area contributed by atoms with Gasteiger partial charge < -0.3 is 0 Å². The van der Waals surface area contributed by atoms with Gasteiger partial charge in [-0.15, -0.1) is 0 Å². The lowest BCUT2D eigenvalue weighted by atomic mass is 10.1. The predicted molar refractivity (Wildman–Crippen MR) is 85.2 cm³/mol. The number of carbonyl (C=O) groups is 1. The van der Waals surface area contributed by atoms with Crippen LogP contribution in [0.5, 0.6) is 0 Å². The Labute approximate surface area is 118 Å². The molecule has 0 unspecified atom stereocenters. The van der Waals surface area contributed by atoms with Crippen LogP contribution in [-0.4, -0.2) is 6.29 Å². The molecule has 19 heavy (non-hydrogen) atoms. The number of hydrogen-bond donors (Lipinski definition) is 0. The van der Waals surface area contributed by atoms with E-state index in [4.69, 9.17) is 0 Å². The van der Waals surface area contributed by atoms with Crippen molar-refractivity contribution in [2.45, 2.75) is 53.9 Å². The second-order valence-electron chi connectivity index (χ2n) is 5.51. The normalized spacial score (nSPS) is 14.5. The van der Waals surface area contributed by atoms with Gasteiger partial charge in [0.25, 0.3) is 0 Å². The van der Waals surface area contributed by atoms with E-state index in [-0.39, 0.29) is 0 Å². The van der Waals surface area contributed by atoms with Gasteiger partial charge in [-0.1, -0.05) is 55.4 Å². The smallest absolute Gasteiger partial charge is 0.145 e. The van der Waals surface area contributed by atoms with Crippen molar-refractivity contribution in [1.29, 1.82) is 0 Å². The maximum atomic E-state index is 10.5. The van der Waals surface area contributed by atoms with E-state index in [9.17, 15) is 4.79 Å². The van der Waals surface area contributed by atoms with Crippen LogP contribution < -0.4 is 0 Å². The number of rotatable bonds is 8. The highest BCUT2D eigenvalue weighted by Gasteiger charge is 1.91. The van der Waals surface area contributed by atoms with Crippen LogP contribution in [0.3, 0.4) is 0 Å². The SMILES string of the molecule is CC(C=O)=CC=C(C)CCC=C(C)CC=CC(C)C. The minimum absolute atomic E-state index is 0.630. The highest BCUT2D eigenvalue weighted by atomic mass is 16.1. The molecule has 0 radical (unpaired) electrons. The monoisotopic (exact) mass is 260 g/mol. The molecule has 0 bridgehead atoms. The summed E-state index contributed by atoms with van der Waals surface area (Å²) in [4.78, 5) is 10.5. The standard InChI is InChI=1S/C18H28O/c1-15(2)8-6-9-16(3)10-7-11-17(4)12-13-18(5)14-19/h6,8,10,12-15H,7,9,11H2,1-5H3. The molecule has 0 aliphatic carbocycles. The highest BCUT2D eigenvalue weighted by molar-refractivity contribution is 5.72. The van der Waals surface area contributed by atoms with Gasteiger partial charge in [0, 0.05) is 0 Å². The predicted octanol–water partition coefficient (Wildman–Crippen LogP) is 5.41. The first-order valence-corrected chi connectivity index (χ1v) is 7.07. The Balaban J connectivity index is 4.10. The Morgan fingerprint density at radius 1 is 1.05 bits per heavy atom. The molecule has 0 aromatic rings. The maximum absolute atomic E-state index is 10.5. The van der Waals surface area contributed by atoms with E-state index >= 15 is 0 Å². The largest absolute Gasteiger partial charge is 0.298 e. The summed E-state index contributed by atoms with van der Waals surface area (Å²) in [6, 6.07) is 0. The van der Waals surface area contributed by atoms with E-state index in [1.54, 1.807) is 0 Å². The van der Waals surface area contributed by atoms with Crippen LogP contribution in [0.4, 0.5) is 0 Å². The van der Waals surface area contributed by atoms with Crippen LogP contribution in [0, 0.1) is 5.92 Å². The van der Waals surface area contributed by atoms with Crippen LogP contribution in [0.1, 0.15) is 53.9 Å². The third-order valence-corrected chi connectivity index (χ3v) is 2.81. The van der Waals surface area contributed by atoms with Crippen molar-refractivity contribution < 1.29 is 4.79 Å². The van der Waals surface area contributed by atoms with Crippen molar-refractivity contribution in [2.24, 2.45) is 5.92 Å². The van der Waals surface area contributed by atoms with Crippen molar-refractivity contribution >= 4 is 6.29 Å². The van der Waals surface area contributed by atoms with Gasteiger partial charge in [-0.25, -0.2) is 0 Å². The summed E-state index contributed by atoms with van der Waals surface area (Å²) in [6.07, 6.45) is 14.8. The van der Waals surface area contributed by atoms with Gasteiger partial charge >= 0.3 is 0 Å². The quantitative estimate of drug-likeness (QED) is 0.247. The van der Waals surface area contributed by atoms with Gasteiger partial charge in [0.2, 0.25) is 0 Å². The molecule has 0 aliphatic rings. The third-order valence-electron chi connectivity index (χ3n) is 2.81. The Morgan fingerprint density at radius 2 is 1.74 bits per heavy atom. The molecule has 0 amide bonds. The van der Waals surface area contributed by atoms with Gasteiger partial charge in [0.15, 0.2) is 0 Å². The van der Waals surface area contributed by atoms with E-state index in [0.717, 1.165) is 31.1 Å². The molecule has 0 saturated heterocycles. The summed E-state index contributed by atoms with van der Waals surface area (Å²) in [6.45, 7) is 10.5. The van der Waals surface area contributed by atoms with E-state index in [2.05, 4.69) is 45.9 Å². The second-order valence-corrected chi connectivity index (χ2v) is 5.51. The summed E-state index contributed by atoms with van der Waals surface area (Å²) in [5.74, 6) is 0.630. The van der Waals surface area contributed by atoms with Gasteiger partial charge in [-0.3, -0.25) is 4.79 Å². The first-order valence-electron chi connectivity index (χ1n) is 7.07. The molecule has 0 fully saturated rings. The van der Waals surface area contributed by atoms with Crippen molar-refractivity contribution in [3.63, 3.8) is 0 Å². The topological polar surface area (TPSA) is 17.1 Å². The summed E-state index contributed by atoms with van der Waals surface area (Å²) in [5, 5.41) is 0. The minimum Gasteiger partial charge on any atom is -0.298 e.